The molecule has 0 amide bonds. The fraction of sp³-hybridized carbons (Fsp3) is 0.125. The molecule has 0 aromatic heterocycles. The highest BCUT2D eigenvalue weighted by Gasteiger charge is 2.27. The minimum absolute atomic E-state index is 1.11. The lowest BCUT2D eigenvalue weighted by Crippen LogP contribution is -2.14. The number of benzene rings is 1. The van der Waals surface area contributed by atoms with Crippen LogP contribution in [0.2, 0.25) is 0 Å². The van der Waals surface area contributed by atoms with Crippen LogP contribution in [0.3, 0.4) is 0 Å². The third kappa shape index (κ3) is 2.57. The molecular formula is C8H2ClF5O3. The maximum atomic E-state index is 12.9. The predicted octanol–water partition coefficient (Wildman–Crippen LogP) is 2.46. The highest BCUT2D eigenvalue weighted by molar-refractivity contribution is 6.13. The van der Waals surface area contributed by atoms with E-state index in [2.05, 4.69) is 20.9 Å². The molecule has 0 saturated carbocycles. The Bertz CT molecular complexity index is 436. The average Bonchev–Trinajstić information content (AvgIpc) is 2.33. The van der Waals surface area contributed by atoms with Crippen LogP contribution in [0.15, 0.2) is 0 Å². The first-order valence-corrected chi connectivity index (χ1v) is 4.16. The van der Waals surface area contributed by atoms with Gasteiger partial charge >= 0.3 is 5.97 Å². The fourth-order valence-electron chi connectivity index (χ4n) is 0.865. The van der Waals surface area contributed by atoms with Gasteiger partial charge in [-0.05, 0) is 0 Å². The van der Waals surface area contributed by atoms with Crippen molar-refractivity contribution >= 4 is 17.8 Å². The van der Waals surface area contributed by atoms with Crippen molar-refractivity contribution in [2.45, 2.75) is 0 Å². The van der Waals surface area contributed by atoms with Crippen LogP contribution in [0.25, 0.3) is 0 Å². The minimum Gasteiger partial charge on any atom is -0.475 e. The second-order valence-corrected chi connectivity index (χ2v) is 2.79. The lowest BCUT2D eigenvalue weighted by Gasteiger charge is -2.08. The van der Waals surface area contributed by atoms with Crippen molar-refractivity contribution in [3.8, 4) is 5.75 Å². The molecule has 0 bridgehead atoms. The van der Waals surface area contributed by atoms with Crippen LogP contribution in [0.1, 0.15) is 0 Å². The van der Waals surface area contributed by atoms with Gasteiger partial charge in [-0.3, -0.25) is 0 Å². The quantitative estimate of drug-likeness (QED) is 0.483. The van der Waals surface area contributed by atoms with Crippen LogP contribution < -0.4 is 4.74 Å². The summed E-state index contributed by atoms with van der Waals surface area (Å²) in [6.07, 6.45) is 0. The van der Waals surface area contributed by atoms with E-state index < -0.39 is 47.4 Å². The molecule has 17 heavy (non-hydrogen) atoms. The van der Waals surface area contributed by atoms with Gasteiger partial charge in [-0.1, -0.05) is 0 Å². The van der Waals surface area contributed by atoms with Gasteiger partial charge in [-0.15, -0.1) is 0 Å². The topological polar surface area (TPSA) is 35.5 Å². The predicted molar refractivity (Wildman–Crippen MR) is 43.7 cm³/mol. The van der Waals surface area contributed by atoms with Gasteiger partial charge in [0.05, 0.1) is 0 Å². The molecule has 1 aromatic carbocycles. The van der Waals surface area contributed by atoms with E-state index >= 15 is 0 Å². The summed E-state index contributed by atoms with van der Waals surface area (Å²) in [5.41, 5.74) is 0. The van der Waals surface area contributed by atoms with E-state index in [1.54, 1.807) is 0 Å². The summed E-state index contributed by atoms with van der Waals surface area (Å²) in [5.74, 6) is -13.9. The zero-order valence-electron chi connectivity index (χ0n) is 7.70. The monoisotopic (exact) mass is 276 g/mol. The standard InChI is InChI=1S/C8H2ClF5O3/c9-17-2(15)1-16-8-6(13)4(11)3(10)5(12)7(8)14/h1H2. The third-order valence-electron chi connectivity index (χ3n) is 1.59. The van der Waals surface area contributed by atoms with E-state index in [0.717, 1.165) is 0 Å². The van der Waals surface area contributed by atoms with Crippen LogP contribution in [0, 0.1) is 29.1 Å². The Hall–Kier alpha value is -1.57. The normalized spacial score (nSPS) is 10.2. The molecule has 1 aromatic rings. The SMILES string of the molecule is O=C(COc1c(F)c(F)c(F)c(F)c1F)OCl. The van der Waals surface area contributed by atoms with Crippen molar-refractivity contribution in [3.05, 3.63) is 29.1 Å². The van der Waals surface area contributed by atoms with Crippen molar-refractivity contribution in [1.82, 2.24) is 0 Å². The Balaban J connectivity index is 3.12. The highest BCUT2D eigenvalue weighted by atomic mass is 35.5. The van der Waals surface area contributed by atoms with Crippen LogP contribution >= 0.6 is 11.9 Å². The molecular weight excluding hydrogens is 275 g/mol. The van der Waals surface area contributed by atoms with E-state index in [-0.39, 0.29) is 0 Å². The van der Waals surface area contributed by atoms with Gasteiger partial charge in [-0.2, -0.15) is 8.78 Å². The summed E-state index contributed by atoms with van der Waals surface area (Å²) in [7, 11) is 0. The summed E-state index contributed by atoms with van der Waals surface area (Å²) in [5, 5.41) is 0. The molecule has 0 aliphatic carbocycles. The molecule has 0 aliphatic heterocycles. The van der Waals surface area contributed by atoms with Gasteiger partial charge in [0.25, 0.3) is 0 Å². The lowest BCUT2D eigenvalue weighted by molar-refractivity contribution is -0.136. The van der Waals surface area contributed by atoms with Gasteiger partial charge in [0.15, 0.2) is 12.4 Å². The second-order valence-electron chi connectivity index (χ2n) is 2.64. The molecule has 0 aliphatic rings. The van der Waals surface area contributed by atoms with Gasteiger partial charge in [0.1, 0.15) is 11.9 Å². The van der Waals surface area contributed by atoms with E-state index in [1.165, 1.54) is 0 Å². The smallest absolute Gasteiger partial charge is 0.362 e. The molecule has 0 fully saturated rings. The van der Waals surface area contributed by atoms with Crippen molar-refractivity contribution in [2.24, 2.45) is 0 Å². The molecule has 94 valence electrons. The summed E-state index contributed by atoms with van der Waals surface area (Å²) in [6, 6.07) is 0. The van der Waals surface area contributed by atoms with E-state index in [4.69, 9.17) is 0 Å². The molecule has 1 rings (SSSR count). The molecule has 0 N–H and O–H groups in total. The summed E-state index contributed by atoms with van der Waals surface area (Å²) in [6.45, 7) is -1.11. The maximum absolute atomic E-state index is 12.9. The van der Waals surface area contributed by atoms with Crippen LogP contribution in [-0.4, -0.2) is 12.6 Å². The largest absolute Gasteiger partial charge is 0.475 e. The van der Waals surface area contributed by atoms with Crippen LogP contribution in [-0.2, 0) is 9.08 Å². The number of carbonyl (C=O) groups is 1. The first-order chi connectivity index (χ1) is 7.90. The maximum Gasteiger partial charge on any atom is 0.362 e. The molecule has 3 nitrogen and oxygen atoms in total. The number of rotatable bonds is 3. The van der Waals surface area contributed by atoms with E-state index in [9.17, 15) is 26.7 Å². The van der Waals surface area contributed by atoms with Gasteiger partial charge in [0, 0.05) is 0 Å². The number of halogens is 6. The Morgan fingerprint density at radius 1 is 0.941 bits per heavy atom. The van der Waals surface area contributed by atoms with Crippen molar-refractivity contribution < 1.29 is 35.8 Å². The van der Waals surface area contributed by atoms with Crippen molar-refractivity contribution in [1.29, 1.82) is 0 Å². The number of hydrogen-bond acceptors (Lipinski definition) is 3. The number of carbonyl (C=O) groups excluding carboxylic acids is 1. The Morgan fingerprint density at radius 3 is 1.76 bits per heavy atom. The van der Waals surface area contributed by atoms with E-state index in [0.29, 0.717) is 0 Å². The molecule has 0 saturated heterocycles. The summed E-state index contributed by atoms with van der Waals surface area (Å²) >= 11 is 4.56. The molecule has 0 radical (unpaired) electrons. The first kappa shape index (κ1) is 13.5. The summed E-state index contributed by atoms with van der Waals surface area (Å²) < 4.78 is 71.3. The Kier molecular flexibility index (Phi) is 4.11. The Morgan fingerprint density at radius 2 is 1.35 bits per heavy atom. The van der Waals surface area contributed by atoms with Gasteiger partial charge < -0.3 is 9.03 Å². The molecule has 9 heteroatoms. The van der Waals surface area contributed by atoms with Crippen LogP contribution in [0.4, 0.5) is 22.0 Å². The minimum atomic E-state index is -2.33. The van der Waals surface area contributed by atoms with Crippen LogP contribution in [0.5, 0.6) is 5.75 Å². The third-order valence-corrected chi connectivity index (χ3v) is 1.76. The summed E-state index contributed by atoms with van der Waals surface area (Å²) in [4.78, 5) is 10.5. The van der Waals surface area contributed by atoms with Gasteiger partial charge in [0.2, 0.25) is 29.1 Å². The second kappa shape index (κ2) is 5.17. The Labute approximate surface area is 95.9 Å². The molecule has 0 unspecified atom stereocenters. The zero-order chi connectivity index (χ0) is 13.2. The average molecular weight is 277 g/mol. The lowest BCUT2D eigenvalue weighted by atomic mass is 10.2. The fourth-order valence-corrected chi connectivity index (χ4v) is 0.909. The van der Waals surface area contributed by atoms with Crippen molar-refractivity contribution in [2.75, 3.05) is 6.61 Å². The zero-order valence-corrected chi connectivity index (χ0v) is 8.46. The van der Waals surface area contributed by atoms with E-state index in [1.807, 2.05) is 0 Å². The number of hydrogen-bond donors (Lipinski definition) is 0. The number of ether oxygens (including phenoxy) is 1. The van der Waals surface area contributed by atoms with Gasteiger partial charge in [-0.25, -0.2) is 18.0 Å². The molecule has 0 atom stereocenters. The molecule has 0 heterocycles. The highest BCUT2D eigenvalue weighted by Crippen LogP contribution is 2.28. The first-order valence-electron chi connectivity index (χ1n) is 3.85. The molecule has 0 spiro atoms. The van der Waals surface area contributed by atoms with Crippen molar-refractivity contribution in [3.63, 3.8) is 0 Å².